The fraction of sp³-hybridized carbons (Fsp3) is 0.182. The number of nitrogens with two attached hydrogens (primary N) is 1. The van der Waals surface area contributed by atoms with Crippen LogP contribution in [0.2, 0.25) is 0 Å². The van der Waals surface area contributed by atoms with Crippen molar-refractivity contribution >= 4 is 27.9 Å². The zero-order valence-electron chi connectivity index (χ0n) is 9.00. The normalized spacial score (nSPS) is 11.8. The Labute approximate surface area is 110 Å². The fourth-order valence-electron chi connectivity index (χ4n) is 1.14. The topological polar surface area (TPSA) is 52.3 Å². The molecule has 0 aliphatic rings. The Bertz CT molecular complexity index is 472. The van der Waals surface area contributed by atoms with Gasteiger partial charge in [0.05, 0.1) is 0 Å². The quantitative estimate of drug-likeness (QED) is 0.924. The second-order valence-corrected chi connectivity index (χ2v) is 4.16. The van der Waals surface area contributed by atoms with Crippen LogP contribution in [0.5, 0.6) is 5.75 Å². The Hall–Kier alpha value is -1.50. The molecule has 0 aliphatic carbocycles. The van der Waals surface area contributed by atoms with Gasteiger partial charge in [-0.25, -0.2) is 0 Å². The highest BCUT2D eigenvalue weighted by Gasteiger charge is 2.31. The molecule has 98 valence electrons. The summed E-state index contributed by atoms with van der Waals surface area (Å²) >= 11 is 3.11. The predicted octanol–water partition coefficient (Wildman–Crippen LogP) is 3.24. The fourth-order valence-corrected chi connectivity index (χ4v) is 1.63. The molecule has 7 heteroatoms. The molecule has 0 bridgehead atoms. The summed E-state index contributed by atoms with van der Waals surface area (Å²) in [5, 5.41) is 0. The maximum atomic E-state index is 12.0. The monoisotopic (exact) mass is 323 g/mol. The molecule has 0 saturated heterocycles. The van der Waals surface area contributed by atoms with Gasteiger partial charge in [-0.05, 0) is 17.7 Å². The molecule has 0 heterocycles. The van der Waals surface area contributed by atoms with Gasteiger partial charge in [0.15, 0.2) is 0 Å². The van der Waals surface area contributed by atoms with Crippen LogP contribution in [-0.4, -0.2) is 12.3 Å². The lowest BCUT2D eigenvalue weighted by atomic mass is 10.2. The van der Waals surface area contributed by atoms with Crippen molar-refractivity contribution in [3.05, 3.63) is 34.3 Å². The molecule has 1 amide bonds. The highest BCUT2D eigenvalue weighted by molar-refractivity contribution is 9.10. The second-order valence-electron chi connectivity index (χ2n) is 3.30. The number of primary amides is 1. The number of halogens is 4. The van der Waals surface area contributed by atoms with Gasteiger partial charge in [-0.3, -0.25) is 4.79 Å². The van der Waals surface area contributed by atoms with Crippen LogP contribution in [0.25, 0.3) is 6.08 Å². The van der Waals surface area contributed by atoms with E-state index in [9.17, 15) is 18.0 Å². The van der Waals surface area contributed by atoms with Gasteiger partial charge in [0.25, 0.3) is 0 Å². The maximum Gasteiger partial charge on any atom is 0.573 e. The van der Waals surface area contributed by atoms with Crippen molar-refractivity contribution < 1.29 is 22.7 Å². The van der Waals surface area contributed by atoms with Crippen molar-refractivity contribution in [3.8, 4) is 5.75 Å². The van der Waals surface area contributed by atoms with Crippen LogP contribution in [0.3, 0.4) is 0 Å². The van der Waals surface area contributed by atoms with Gasteiger partial charge >= 0.3 is 6.36 Å². The molecule has 0 atom stereocenters. The van der Waals surface area contributed by atoms with Crippen LogP contribution in [0, 0.1) is 0 Å². The number of ether oxygens (including phenoxy) is 1. The lowest BCUT2D eigenvalue weighted by Gasteiger charge is -2.09. The minimum absolute atomic E-state index is 0.0627. The number of carbonyl (C=O) groups is 1. The van der Waals surface area contributed by atoms with Crippen LogP contribution >= 0.6 is 15.9 Å². The van der Waals surface area contributed by atoms with Crippen molar-refractivity contribution in [2.75, 3.05) is 0 Å². The van der Waals surface area contributed by atoms with Gasteiger partial charge in [0.2, 0.25) is 5.91 Å². The van der Waals surface area contributed by atoms with Crippen molar-refractivity contribution in [2.45, 2.75) is 12.8 Å². The highest BCUT2D eigenvalue weighted by atomic mass is 79.9. The van der Waals surface area contributed by atoms with Gasteiger partial charge in [0, 0.05) is 10.9 Å². The molecule has 18 heavy (non-hydrogen) atoms. The standard InChI is InChI=1S/C11H9BrF3NO2/c12-9-6-8(18-11(13,14)15)5-4-7(9)2-1-3-10(16)17/h1-2,4-6H,3H2,(H2,16,17). The number of carbonyl (C=O) groups excluding carboxylic acids is 1. The third-order valence-corrected chi connectivity index (χ3v) is 2.51. The first kappa shape index (κ1) is 14.6. The Balaban J connectivity index is 2.80. The summed E-state index contributed by atoms with van der Waals surface area (Å²) in [6.45, 7) is 0. The summed E-state index contributed by atoms with van der Waals surface area (Å²) < 4.78 is 40.1. The average molecular weight is 324 g/mol. The van der Waals surface area contributed by atoms with Crippen LogP contribution in [0.4, 0.5) is 13.2 Å². The van der Waals surface area contributed by atoms with E-state index >= 15 is 0 Å². The molecule has 0 spiro atoms. The lowest BCUT2D eigenvalue weighted by Crippen LogP contribution is -2.17. The Morgan fingerprint density at radius 3 is 2.61 bits per heavy atom. The number of rotatable bonds is 4. The molecule has 0 unspecified atom stereocenters. The van der Waals surface area contributed by atoms with Gasteiger partial charge in [-0.15, -0.1) is 13.2 Å². The second kappa shape index (κ2) is 5.90. The first-order chi connectivity index (χ1) is 8.28. The zero-order chi connectivity index (χ0) is 13.8. The molecule has 0 saturated carbocycles. The van der Waals surface area contributed by atoms with Crippen molar-refractivity contribution in [3.63, 3.8) is 0 Å². The van der Waals surface area contributed by atoms with E-state index < -0.39 is 12.3 Å². The molecule has 0 radical (unpaired) electrons. The molecular formula is C11H9BrF3NO2. The minimum atomic E-state index is -4.72. The smallest absolute Gasteiger partial charge is 0.406 e. The molecule has 0 aliphatic heterocycles. The zero-order valence-corrected chi connectivity index (χ0v) is 10.6. The number of amides is 1. The largest absolute Gasteiger partial charge is 0.573 e. The third kappa shape index (κ3) is 5.22. The number of benzene rings is 1. The minimum Gasteiger partial charge on any atom is -0.406 e. The maximum absolute atomic E-state index is 12.0. The van der Waals surface area contributed by atoms with E-state index in [1.165, 1.54) is 24.3 Å². The summed E-state index contributed by atoms with van der Waals surface area (Å²) in [4.78, 5) is 10.5. The summed E-state index contributed by atoms with van der Waals surface area (Å²) in [5.74, 6) is -0.805. The Morgan fingerprint density at radius 2 is 2.11 bits per heavy atom. The number of alkyl halides is 3. The molecule has 2 N–H and O–H groups in total. The molecule has 3 nitrogen and oxygen atoms in total. The molecular weight excluding hydrogens is 315 g/mol. The predicted molar refractivity (Wildman–Crippen MR) is 63.7 cm³/mol. The number of hydrogen-bond donors (Lipinski definition) is 1. The molecule has 0 fully saturated rings. The summed E-state index contributed by atoms with van der Waals surface area (Å²) in [7, 11) is 0. The molecule has 1 aromatic rings. The van der Waals surface area contributed by atoms with Crippen LogP contribution < -0.4 is 10.5 Å². The van der Waals surface area contributed by atoms with Gasteiger partial charge in [-0.1, -0.05) is 34.1 Å². The van der Waals surface area contributed by atoms with Crippen molar-refractivity contribution in [1.82, 2.24) is 0 Å². The first-order valence-corrected chi connectivity index (χ1v) is 5.57. The molecule has 0 aromatic heterocycles. The highest BCUT2D eigenvalue weighted by Crippen LogP contribution is 2.28. The summed E-state index contributed by atoms with van der Waals surface area (Å²) in [6, 6.07) is 3.81. The van der Waals surface area contributed by atoms with Crippen molar-refractivity contribution in [2.24, 2.45) is 5.73 Å². The summed E-state index contributed by atoms with van der Waals surface area (Å²) in [5.41, 5.74) is 5.56. The van der Waals surface area contributed by atoms with E-state index in [0.29, 0.717) is 10.0 Å². The van der Waals surface area contributed by atoms with Crippen LogP contribution in [0.1, 0.15) is 12.0 Å². The van der Waals surface area contributed by atoms with E-state index in [1.807, 2.05) is 0 Å². The van der Waals surface area contributed by atoms with Crippen LogP contribution in [-0.2, 0) is 4.79 Å². The van der Waals surface area contributed by atoms with E-state index in [1.54, 1.807) is 6.08 Å². The first-order valence-electron chi connectivity index (χ1n) is 4.78. The van der Waals surface area contributed by atoms with E-state index in [0.717, 1.165) is 0 Å². The Morgan fingerprint density at radius 1 is 1.44 bits per heavy atom. The summed E-state index contributed by atoms with van der Waals surface area (Å²) in [6.07, 6.45) is -1.56. The van der Waals surface area contributed by atoms with E-state index in [-0.39, 0.29) is 12.2 Å². The van der Waals surface area contributed by atoms with E-state index in [4.69, 9.17) is 5.73 Å². The molecule has 1 aromatic carbocycles. The molecule has 1 rings (SSSR count). The SMILES string of the molecule is NC(=O)CC=Cc1ccc(OC(F)(F)F)cc1Br. The van der Waals surface area contributed by atoms with Gasteiger partial charge in [0.1, 0.15) is 5.75 Å². The number of hydrogen-bond acceptors (Lipinski definition) is 2. The van der Waals surface area contributed by atoms with Crippen LogP contribution in [0.15, 0.2) is 28.7 Å². The van der Waals surface area contributed by atoms with Crippen molar-refractivity contribution in [1.29, 1.82) is 0 Å². The lowest BCUT2D eigenvalue weighted by molar-refractivity contribution is -0.274. The average Bonchev–Trinajstić information content (AvgIpc) is 2.18. The van der Waals surface area contributed by atoms with Gasteiger partial charge < -0.3 is 10.5 Å². The Kier molecular flexibility index (Phi) is 4.77. The van der Waals surface area contributed by atoms with E-state index in [2.05, 4.69) is 20.7 Å². The van der Waals surface area contributed by atoms with Gasteiger partial charge in [-0.2, -0.15) is 0 Å². The third-order valence-electron chi connectivity index (χ3n) is 1.82.